The smallest absolute Gasteiger partial charge is 0.338 e. The lowest BCUT2D eigenvalue weighted by molar-refractivity contribution is -0.119. The molecule has 0 aliphatic rings. The quantitative estimate of drug-likeness (QED) is 0.428. The van der Waals surface area contributed by atoms with E-state index < -0.39 is 18.5 Å². The van der Waals surface area contributed by atoms with Crippen molar-refractivity contribution in [3.8, 4) is 11.5 Å². The maximum absolute atomic E-state index is 12.4. The minimum absolute atomic E-state index is 0.210. The van der Waals surface area contributed by atoms with Gasteiger partial charge in [-0.3, -0.25) is 4.79 Å². The number of carbonyl (C=O) groups is 2. The Kier molecular flexibility index (Phi) is 6.78. The molecule has 30 heavy (non-hydrogen) atoms. The standard InChI is InChI=1S/C20H20BrN3O6/c1-3-6-29-18-13(21)7-11(8-16(18)28-2)19(26)30-10-17(25)22-12-4-5-14-15(9-12)24-20(27)23-14/h4-5,7-9H,3,6,10H2,1-2H3,(H,22,25)(H2,23,24,27). The van der Waals surface area contributed by atoms with Crippen molar-refractivity contribution in [2.24, 2.45) is 0 Å². The number of methoxy groups -OCH3 is 1. The van der Waals surface area contributed by atoms with Crippen LogP contribution in [0.25, 0.3) is 11.0 Å². The highest BCUT2D eigenvalue weighted by Gasteiger charge is 2.17. The van der Waals surface area contributed by atoms with Crippen molar-refractivity contribution < 1.29 is 23.8 Å². The largest absolute Gasteiger partial charge is 0.493 e. The van der Waals surface area contributed by atoms with Crippen LogP contribution in [0.1, 0.15) is 23.7 Å². The minimum Gasteiger partial charge on any atom is -0.493 e. The summed E-state index contributed by atoms with van der Waals surface area (Å²) < 4.78 is 16.6. The molecule has 0 aliphatic carbocycles. The summed E-state index contributed by atoms with van der Waals surface area (Å²) in [6.07, 6.45) is 0.821. The van der Waals surface area contributed by atoms with Gasteiger partial charge in [-0.25, -0.2) is 9.59 Å². The molecular formula is C20H20BrN3O6. The first-order valence-electron chi connectivity index (χ1n) is 9.10. The van der Waals surface area contributed by atoms with E-state index in [-0.39, 0.29) is 11.3 Å². The van der Waals surface area contributed by atoms with Gasteiger partial charge in [0.15, 0.2) is 18.1 Å². The molecule has 1 amide bonds. The average molecular weight is 478 g/mol. The first-order chi connectivity index (χ1) is 14.4. The van der Waals surface area contributed by atoms with Gasteiger partial charge in [-0.15, -0.1) is 0 Å². The van der Waals surface area contributed by atoms with Gasteiger partial charge in [0, 0.05) is 5.69 Å². The fourth-order valence-electron chi connectivity index (χ4n) is 2.70. The molecule has 3 rings (SSSR count). The lowest BCUT2D eigenvalue weighted by Crippen LogP contribution is -2.21. The molecule has 0 unspecified atom stereocenters. The number of ether oxygens (including phenoxy) is 3. The highest BCUT2D eigenvalue weighted by Crippen LogP contribution is 2.37. The molecule has 158 valence electrons. The van der Waals surface area contributed by atoms with Gasteiger partial charge in [-0.05, 0) is 52.7 Å². The molecule has 0 bridgehead atoms. The van der Waals surface area contributed by atoms with Crippen LogP contribution in [0.5, 0.6) is 11.5 Å². The highest BCUT2D eigenvalue weighted by atomic mass is 79.9. The molecule has 9 nitrogen and oxygen atoms in total. The van der Waals surface area contributed by atoms with Crippen LogP contribution in [-0.4, -0.2) is 42.2 Å². The Balaban J connectivity index is 1.63. The number of benzene rings is 2. The molecule has 0 atom stereocenters. The Bertz CT molecular complexity index is 1140. The van der Waals surface area contributed by atoms with Crippen molar-refractivity contribution in [3.63, 3.8) is 0 Å². The highest BCUT2D eigenvalue weighted by molar-refractivity contribution is 9.10. The number of H-pyrrole nitrogens is 2. The summed E-state index contributed by atoms with van der Waals surface area (Å²) in [5, 5.41) is 2.61. The van der Waals surface area contributed by atoms with Crippen LogP contribution in [0.2, 0.25) is 0 Å². The van der Waals surface area contributed by atoms with Crippen molar-refractivity contribution in [3.05, 3.63) is 50.9 Å². The summed E-state index contributed by atoms with van der Waals surface area (Å²) in [6.45, 7) is 2.00. The second-order valence-corrected chi connectivity index (χ2v) is 7.16. The number of aromatic nitrogens is 2. The SMILES string of the molecule is CCCOc1c(Br)cc(C(=O)OCC(=O)Nc2ccc3[nH]c(=O)[nH]c3c2)cc1OC. The summed E-state index contributed by atoms with van der Waals surface area (Å²) in [5.41, 5.74) is 1.50. The second kappa shape index (κ2) is 9.49. The Morgan fingerprint density at radius 3 is 2.63 bits per heavy atom. The number of rotatable bonds is 8. The molecule has 0 saturated heterocycles. The van der Waals surface area contributed by atoms with Crippen LogP contribution in [-0.2, 0) is 9.53 Å². The molecule has 10 heteroatoms. The van der Waals surface area contributed by atoms with Crippen LogP contribution in [0.3, 0.4) is 0 Å². The van der Waals surface area contributed by atoms with E-state index in [2.05, 4.69) is 31.2 Å². The van der Waals surface area contributed by atoms with E-state index in [1.165, 1.54) is 13.2 Å². The monoisotopic (exact) mass is 477 g/mol. The van der Waals surface area contributed by atoms with Gasteiger partial charge < -0.3 is 29.5 Å². The number of hydrogen-bond donors (Lipinski definition) is 3. The molecule has 2 aromatic carbocycles. The molecule has 3 aromatic rings. The molecule has 0 radical (unpaired) electrons. The van der Waals surface area contributed by atoms with Crippen molar-refractivity contribution in [1.29, 1.82) is 0 Å². The van der Waals surface area contributed by atoms with Gasteiger partial charge in [-0.1, -0.05) is 6.92 Å². The Hall–Kier alpha value is -3.27. The third-order valence-corrected chi connectivity index (χ3v) is 4.64. The topological polar surface area (TPSA) is 123 Å². The average Bonchev–Trinajstić information content (AvgIpc) is 3.09. The third-order valence-electron chi connectivity index (χ3n) is 4.05. The first-order valence-corrected chi connectivity index (χ1v) is 9.90. The number of amides is 1. The van der Waals surface area contributed by atoms with E-state index in [4.69, 9.17) is 14.2 Å². The van der Waals surface area contributed by atoms with Gasteiger partial charge >= 0.3 is 11.7 Å². The summed E-state index contributed by atoms with van der Waals surface area (Å²) in [5.74, 6) is -0.332. The maximum Gasteiger partial charge on any atom is 0.338 e. The summed E-state index contributed by atoms with van der Waals surface area (Å²) in [6, 6.07) is 7.92. The number of imidazole rings is 1. The molecule has 1 aromatic heterocycles. The van der Waals surface area contributed by atoms with Gasteiger partial charge in [-0.2, -0.15) is 0 Å². The lowest BCUT2D eigenvalue weighted by Gasteiger charge is -2.13. The fourth-order valence-corrected chi connectivity index (χ4v) is 3.26. The van der Waals surface area contributed by atoms with Crippen LogP contribution in [0, 0.1) is 0 Å². The third kappa shape index (κ3) is 5.01. The molecule has 0 saturated carbocycles. The molecular weight excluding hydrogens is 458 g/mol. The van der Waals surface area contributed by atoms with Gasteiger partial charge in [0.25, 0.3) is 5.91 Å². The molecule has 0 spiro atoms. The maximum atomic E-state index is 12.4. The normalized spacial score (nSPS) is 10.6. The predicted octanol–water partition coefficient (Wildman–Crippen LogP) is 3.21. The van der Waals surface area contributed by atoms with E-state index in [0.29, 0.717) is 39.3 Å². The minimum atomic E-state index is -0.684. The van der Waals surface area contributed by atoms with Crippen LogP contribution >= 0.6 is 15.9 Å². The van der Waals surface area contributed by atoms with E-state index in [0.717, 1.165) is 6.42 Å². The fraction of sp³-hybridized carbons (Fsp3) is 0.250. The van der Waals surface area contributed by atoms with Crippen molar-refractivity contribution >= 4 is 44.5 Å². The second-order valence-electron chi connectivity index (χ2n) is 6.30. The number of aromatic amines is 2. The molecule has 0 aliphatic heterocycles. The molecule has 3 N–H and O–H groups in total. The van der Waals surface area contributed by atoms with Crippen molar-refractivity contribution in [1.82, 2.24) is 9.97 Å². The van der Waals surface area contributed by atoms with E-state index in [1.807, 2.05) is 6.92 Å². The lowest BCUT2D eigenvalue weighted by atomic mass is 10.2. The number of anilines is 1. The molecule has 1 heterocycles. The van der Waals surface area contributed by atoms with Gasteiger partial charge in [0.2, 0.25) is 0 Å². The molecule has 0 fully saturated rings. The Morgan fingerprint density at radius 1 is 1.13 bits per heavy atom. The van der Waals surface area contributed by atoms with Gasteiger partial charge in [0.1, 0.15) is 0 Å². The number of hydrogen-bond acceptors (Lipinski definition) is 6. The number of halogens is 1. The number of carbonyl (C=O) groups excluding carboxylic acids is 2. The Labute approximate surface area is 179 Å². The van der Waals surface area contributed by atoms with Crippen LogP contribution in [0.4, 0.5) is 5.69 Å². The Morgan fingerprint density at radius 2 is 1.90 bits per heavy atom. The van der Waals surface area contributed by atoms with Gasteiger partial charge in [0.05, 0.1) is 34.8 Å². The number of esters is 1. The number of fused-ring (bicyclic) bond motifs is 1. The van der Waals surface area contributed by atoms with Crippen LogP contribution in [0.15, 0.2) is 39.6 Å². The van der Waals surface area contributed by atoms with E-state index in [1.54, 1.807) is 24.3 Å². The first kappa shape index (κ1) is 21.4. The number of nitrogens with one attached hydrogen (secondary N) is 3. The zero-order chi connectivity index (χ0) is 21.7. The van der Waals surface area contributed by atoms with Crippen LogP contribution < -0.4 is 20.5 Å². The van der Waals surface area contributed by atoms with Crippen molar-refractivity contribution in [2.75, 3.05) is 25.6 Å². The summed E-state index contributed by atoms with van der Waals surface area (Å²) in [7, 11) is 1.47. The van der Waals surface area contributed by atoms with E-state index in [9.17, 15) is 14.4 Å². The zero-order valence-corrected chi connectivity index (χ0v) is 17.9. The predicted molar refractivity (Wildman–Crippen MR) is 114 cm³/mol. The summed E-state index contributed by atoms with van der Waals surface area (Å²) >= 11 is 3.36. The van der Waals surface area contributed by atoms with E-state index >= 15 is 0 Å². The zero-order valence-electron chi connectivity index (χ0n) is 16.3. The summed E-state index contributed by atoms with van der Waals surface area (Å²) in [4.78, 5) is 41.0. The van der Waals surface area contributed by atoms with Crippen molar-refractivity contribution in [2.45, 2.75) is 13.3 Å².